The fourth-order valence-corrected chi connectivity index (χ4v) is 5.66. The molecule has 4 aromatic rings. The molecular formula is C31H32F3N8O5+. The molecule has 0 aliphatic carbocycles. The average molecular weight is 654 g/mol. The summed E-state index contributed by atoms with van der Waals surface area (Å²) in [5, 5.41) is 23.2. The highest BCUT2D eigenvalue weighted by molar-refractivity contribution is 5.93. The van der Waals surface area contributed by atoms with Gasteiger partial charge in [-0.05, 0) is 42.8 Å². The molecule has 2 aromatic carbocycles. The molecule has 47 heavy (non-hydrogen) atoms. The zero-order valence-electron chi connectivity index (χ0n) is 26.1. The van der Waals surface area contributed by atoms with Gasteiger partial charge in [-0.2, -0.15) is 18.4 Å². The number of methoxy groups -OCH3 is 1. The van der Waals surface area contributed by atoms with Crippen LogP contribution in [0.25, 0.3) is 0 Å². The van der Waals surface area contributed by atoms with E-state index in [1.54, 1.807) is 31.5 Å². The number of carbonyl (C=O) groups is 2. The van der Waals surface area contributed by atoms with Crippen molar-refractivity contribution in [1.29, 1.82) is 5.26 Å². The number of alkyl halides is 3. The van der Waals surface area contributed by atoms with E-state index in [4.69, 9.17) is 14.6 Å². The third-order valence-electron chi connectivity index (χ3n) is 7.49. The Morgan fingerprint density at radius 1 is 1.21 bits per heavy atom. The summed E-state index contributed by atoms with van der Waals surface area (Å²) in [5.41, 5.74) is 1.15. The lowest BCUT2D eigenvalue weighted by Gasteiger charge is -2.37. The van der Waals surface area contributed by atoms with E-state index in [2.05, 4.69) is 21.3 Å². The first-order valence-electron chi connectivity index (χ1n) is 14.0. The Kier molecular flexibility index (Phi) is 9.71. The number of imidazole rings is 1. The van der Waals surface area contributed by atoms with Crippen LogP contribution in [0, 0.1) is 11.3 Å². The summed E-state index contributed by atoms with van der Waals surface area (Å²) in [6.07, 6.45) is -1.01. The Morgan fingerprint density at radius 2 is 1.91 bits per heavy atom. The Bertz CT molecular complexity index is 1930. The van der Waals surface area contributed by atoms with Crippen molar-refractivity contribution in [2.24, 2.45) is 7.05 Å². The molecule has 0 fully saturated rings. The molecule has 0 radical (unpaired) electrons. The molecule has 1 aliphatic heterocycles. The molecular weight excluding hydrogens is 621 g/mol. The summed E-state index contributed by atoms with van der Waals surface area (Å²) in [4.78, 5) is 41.0. The molecule has 0 bridgehead atoms. The standard InChI is InChI=1S/C30H29F3N8O3.CH2O2/c1-18-25(27(42)44-5)26(40-28(36-37-29(40)43)39(18)23-8-6-7-21(12-23)30(31,32)33)24-10-9-19(13-34)11-20(24)15-41(3,4)16-22-14-38(2)17-35-22;2-1-3/h6-12,14,17,26H,15-16H2,1-5H3;1H,(H,2,3)/p+1/t26-;/m1./s1. The van der Waals surface area contributed by atoms with Gasteiger partial charge in [-0.3, -0.25) is 9.69 Å². The zero-order chi connectivity index (χ0) is 34.7. The van der Waals surface area contributed by atoms with Crippen LogP contribution in [-0.2, 0) is 40.6 Å². The number of carbonyl (C=O) groups excluding carboxylic acids is 1. The topological polar surface area (TPSA) is 159 Å². The molecule has 0 amide bonds. The Hall–Kier alpha value is -5.69. The molecule has 2 aromatic heterocycles. The fourth-order valence-electron chi connectivity index (χ4n) is 5.66. The number of esters is 1. The number of nitrogens with zero attached hydrogens (tertiary/aromatic N) is 7. The molecule has 16 heteroatoms. The van der Waals surface area contributed by atoms with Gasteiger partial charge in [0.2, 0.25) is 5.95 Å². The maximum absolute atomic E-state index is 13.6. The van der Waals surface area contributed by atoms with Gasteiger partial charge >= 0.3 is 17.8 Å². The molecule has 1 aliphatic rings. The van der Waals surface area contributed by atoms with E-state index in [0.717, 1.165) is 17.8 Å². The second kappa shape index (κ2) is 13.3. The number of aromatic amines is 1. The minimum Gasteiger partial charge on any atom is -0.483 e. The third kappa shape index (κ3) is 7.10. The number of nitriles is 1. The van der Waals surface area contributed by atoms with Gasteiger partial charge in [0, 0.05) is 30.2 Å². The number of benzene rings is 2. The number of fused-ring (bicyclic) bond motifs is 1. The number of hydrogen-bond acceptors (Lipinski definition) is 8. The quantitative estimate of drug-likeness (QED) is 0.172. The van der Waals surface area contributed by atoms with Crippen molar-refractivity contribution in [2.45, 2.75) is 32.2 Å². The summed E-state index contributed by atoms with van der Waals surface area (Å²) in [6, 6.07) is 10.6. The first kappa shape index (κ1) is 34.2. The van der Waals surface area contributed by atoms with Crippen LogP contribution in [0.3, 0.4) is 0 Å². The smallest absolute Gasteiger partial charge is 0.416 e. The number of H-pyrrole nitrogens is 1. The van der Waals surface area contributed by atoms with Crippen LogP contribution in [0.2, 0.25) is 0 Å². The number of aromatic nitrogens is 5. The molecule has 3 heterocycles. The van der Waals surface area contributed by atoms with Crippen LogP contribution in [-0.4, -0.2) is 67.6 Å². The summed E-state index contributed by atoms with van der Waals surface area (Å²) in [5.74, 6) is -0.789. The normalized spacial score (nSPS) is 14.5. The monoisotopic (exact) mass is 653 g/mol. The first-order chi connectivity index (χ1) is 22.1. The van der Waals surface area contributed by atoms with Crippen LogP contribution >= 0.6 is 0 Å². The van der Waals surface area contributed by atoms with Crippen LogP contribution in [0.5, 0.6) is 0 Å². The van der Waals surface area contributed by atoms with E-state index in [-0.39, 0.29) is 29.4 Å². The number of aryl methyl sites for hydroxylation is 1. The van der Waals surface area contributed by atoms with Gasteiger partial charge in [0.15, 0.2) is 0 Å². The van der Waals surface area contributed by atoms with Gasteiger partial charge in [-0.15, -0.1) is 5.10 Å². The Balaban J connectivity index is 0.00000160. The fraction of sp³-hybridized carbons (Fsp3) is 0.290. The van der Waals surface area contributed by atoms with Crippen LogP contribution in [0.1, 0.15) is 40.9 Å². The third-order valence-corrected chi connectivity index (χ3v) is 7.49. The number of halogens is 3. The second-order valence-corrected chi connectivity index (χ2v) is 11.4. The van der Waals surface area contributed by atoms with Gasteiger partial charge < -0.3 is 18.9 Å². The van der Waals surface area contributed by atoms with Crippen LogP contribution < -0.4 is 10.6 Å². The molecule has 5 rings (SSSR count). The summed E-state index contributed by atoms with van der Waals surface area (Å²) >= 11 is 0. The maximum Gasteiger partial charge on any atom is 0.416 e. The minimum absolute atomic E-state index is 0.0120. The van der Waals surface area contributed by atoms with Crippen molar-refractivity contribution in [3.8, 4) is 6.07 Å². The predicted molar refractivity (Wildman–Crippen MR) is 162 cm³/mol. The van der Waals surface area contributed by atoms with Crippen molar-refractivity contribution < 1.29 is 37.1 Å². The number of nitrogens with one attached hydrogen (secondary N) is 1. The number of ether oxygens (including phenoxy) is 1. The molecule has 1 atom stereocenters. The minimum atomic E-state index is -4.62. The number of carboxylic acid groups (broad SMARTS) is 1. The van der Waals surface area contributed by atoms with Crippen molar-refractivity contribution in [1.82, 2.24) is 24.3 Å². The molecule has 0 saturated carbocycles. The van der Waals surface area contributed by atoms with Crippen molar-refractivity contribution in [3.63, 3.8) is 0 Å². The van der Waals surface area contributed by atoms with Gasteiger partial charge in [0.1, 0.15) is 24.8 Å². The van der Waals surface area contributed by atoms with Crippen LogP contribution in [0.4, 0.5) is 24.8 Å². The van der Waals surface area contributed by atoms with E-state index < -0.39 is 29.4 Å². The van der Waals surface area contributed by atoms with E-state index in [1.807, 2.05) is 31.9 Å². The van der Waals surface area contributed by atoms with E-state index in [1.165, 1.54) is 28.7 Å². The lowest BCUT2D eigenvalue weighted by atomic mass is 9.89. The van der Waals surface area contributed by atoms with Gasteiger partial charge in [0.25, 0.3) is 6.47 Å². The highest BCUT2D eigenvalue weighted by atomic mass is 19.4. The number of rotatable bonds is 7. The number of allylic oxidation sites excluding steroid dienone is 1. The summed E-state index contributed by atoms with van der Waals surface area (Å²) in [7, 11) is 7.05. The Morgan fingerprint density at radius 3 is 2.51 bits per heavy atom. The Labute approximate surface area is 266 Å². The zero-order valence-corrected chi connectivity index (χ0v) is 26.1. The number of quaternary nitrogens is 1. The largest absolute Gasteiger partial charge is 0.483 e. The first-order valence-corrected chi connectivity index (χ1v) is 14.0. The number of hydrogen-bond donors (Lipinski definition) is 2. The lowest BCUT2D eigenvalue weighted by molar-refractivity contribution is -0.917. The van der Waals surface area contributed by atoms with Crippen LogP contribution in [0.15, 0.2) is 71.1 Å². The highest BCUT2D eigenvalue weighted by Crippen LogP contribution is 2.44. The second-order valence-electron chi connectivity index (χ2n) is 11.4. The lowest BCUT2D eigenvalue weighted by Crippen LogP contribution is -2.40. The molecule has 0 saturated heterocycles. The molecule has 246 valence electrons. The summed E-state index contributed by atoms with van der Waals surface area (Å²) in [6.45, 7) is 2.23. The van der Waals surface area contributed by atoms with E-state index in [0.29, 0.717) is 34.3 Å². The summed E-state index contributed by atoms with van der Waals surface area (Å²) < 4.78 is 49.6. The molecule has 0 spiro atoms. The van der Waals surface area contributed by atoms with Crippen molar-refractivity contribution >= 4 is 24.1 Å². The van der Waals surface area contributed by atoms with Crippen molar-refractivity contribution in [2.75, 3.05) is 26.1 Å². The molecule has 2 N–H and O–H groups in total. The molecule has 13 nitrogen and oxygen atoms in total. The van der Waals surface area contributed by atoms with Gasteiger partial charge in [-0.25, -0.2) is 24.2 Å². The van der Waals surface area contributed by atoms with Crippen molar-refractivity contribution in [3.05, 3.63) is 105 Å². The average Bonchev–Trinajstić information content (AvgIpc) is 3.59. The van der Waals surface area contributed by atoms with Gasteiger partial charge in [-0.1, -0.05) is 12.1 Å². The SMILES string of the molecule is COC(=O)C1=C(C)N(c2cccc(C(F)(F)F)c2)c2n[nH]c(=O)n2[C@@H]1c1ccc(C#N)cc1C[N+](C)(C)Cc1cn(C)cn1.O=CO. The van der Waals surface area contributed by atoms with Gasteiger partial charge in [0.05, 0.1) is 50.3 Å². The highest BCUT2D eigenvalue weighted by Gasteiger charge is 2.41. The van der Waals surface area contributed by atoms with E-state index in [9.17, 15) is 28.0 Å². The predicted octanol–water partition coefficient (Wildman–Crippen LogP) is 3.86. The number of anilines is 2. The molecule has 0 unspecified atom stereocenters. The van der Waals surface area contributed by atoms with E-state index >= 15 is 0 Å². The maximum atomic E-state index is 13.6.